The summed E-state index contributed by atoms with van der Waals surface area (Å²) in [4.78, 5) is 31.5. The highest BCUT2D eigenvalue weighted by atomic mass is 19.2. The Morgan fingerprint density at radius 3 is 1.77 bits per heavy atom. The van der Waals surface area contributed by atoms with Gasteiger partial charge in [-0.25, -0.2) is 26.9 Å². The first-order chi connectivity index (χ1) is 21.0. The number of Topliss-reactive ketones (excluding diaryl/α,β-unsaturated/α-hetero) is 2. The maximum atomic E-state index is 14.9. The molecule has 0 amide bonds. The minimum absolute atomic E-state index is 0.0782. The average Bonchev–Trinajstić information content (AvgIpc) is 3.59. The van der Waals surface area contributed by atoms with Crippen molar-refractivity contribution in [3.63, 3.8) is 0 Å². The molecule has 7 rings (SSSR count). The Kier molecular flexibility index (Phi) is 5.97. The van der Waals surface area contributed by atoms with Crippen LogP contribution in [0.1, 0.15) is 37.5 Å². The molecule has 0 N–H and O–H groups in total. The molecular formula is C34H20F5N3O2. The number of hydrogen-bond acceptors (Lipinski definition) is 3. The third-order valence-electron chi connectivity index (χ3n) is 8.13. The Morgan fingerprint density at radius 2 is 1.23 bits per heavy atom. The summed E-state index contributed by atoms with van der Waals surface area (Å²) in [6.45, 7) is 3.65. The third kappa shape index (κ3) is 3.73. The summed E-state index contributed by atoms with van der Waals surface area (Å²) in [5, 5.41) is 1.62. The number of imidazole rings is 1. The molecule has 4 aromatic carbocycles. The second-order valence-electron chi connectivity index (χ2n) is 10.8. The topological polar surface area (TPSA) is 56.9 Å². The van der Waals surface area contributed by atoms with Gasteiger partial charge in [0.1, 0.15) is 5.82 Å². The van der Waals surface area contributed by atoms with Crippen LogP contribution in [0.5, 0.6) is 0 Å². The Labute approximate surface area is 246 Å². The first kappa shape index (κ1) is 27.5. The van der Waals surface area contributed by atoms with Crippen molar-refractivity contribution in [3.05, 3.63) is 123 Å². The van der Waals surface area contributed by atoms with Crippen LogP contribution in [0.25, 0.3) is 45.1 Å². The lowest BCUT2D eigenvalue weighted by molar-refractivity contribution is 0.0990. The zero-order valence-electron chi connectivity index (χ0n) is 23.4. The summed E-state index contributed by atoms with van der Waals surface area (Å²) in [5.41, 5.74) is 2.20. The first-order valence-corrected chi connectivity index (χ1v) is 13.5. The SMILES string of the molecule is Cc1cccc(C)c1-n1c(C=C2C(=O)c3cc4ccccc4cc3C2=O)cc2c1nc(-c1c(F)c(F)c(F)c(F)c1F)n2C. The minimum Gasteiger partial charge on any atom is -0.326 e. The summed E-state index contributed by atoms with van der Waals surface area (Å²) < 4.78 is 74.6. The van der Waals surface area contributed by atoms with Crippen molar-refractivity contribution in [2.45, 2.75) is 13.8 Å². The molecule has 2 aromatic heterocycles. The molecule has 5 nitrogen and oxygen atoms in total. The van der Waals surface area contributed by atoms with Gasteiger partial charge < -0.3 is 4.57 Å². The fourth-order valence-electron chi connectivity index (χ4n) is 5.96. The lowest BCUT2D eigenvalue weighted by atomic mass is 10.0. The zero-order valence-corrected chi connectivity index (χ0v) is 23.4. The van der Waals surface area contributed by atoms with Crippen LogP contribution in [-0.4, -0.2) is 25.7 Å². The minimum atomic E-state index is -2.27. The Bertz CT molecular complexity index is 2210. The standard InChI is InChI=1S/C34H20F5N3O2/c1-15-7-6-8-16(2)30(15)42-19(13-22-31(43)20-11-17-9-4-5-10-18(17)12-21(20)32(22)44)14-23-33(42)40-34(41(23)3)24-25(35)27(37)29(39)28(38)26(24)36/h4-14H,1-3H3. The van der Waals surface area contributed by atoms with E-state index in [2.05, 4.69) is 4.98 Å². The van der Waals surface area contributed by atoms with Crippen LogP contribution in [0.2, 0.25) is 0 Å². The summed E-state index contributed by atoms with van der Waals surface area (Å²) in [5.74, 6) is -11.9. The van der Waals surface area contributed by atoms with Crippen molar-refractivity contribution in [2.24, 2.45) is 7.05 Å². The monoisotopic (exact) mass is 597 g/mol. The second-order valence-corrected chi connectivity index (χ2v) is 10.8. The average molecular weight is 598 g/mol. The lowest BCUT2D eigenvalue weighted by Gasteiger charge is -2.14. The molecule has 10 heteroatoms. The number of carbonyl (C=O) groups excluding carboxylic acids is 2. The second kappa shape index (κ2) is 9.57. The van der Waals surface area contributed by atoms with Gasteiger partial charge in [-0.1, -0.05) is 42.5 Å². The molecule has 0 saturated heterocycles. The Morgan fingerprint density at radius 1 is 0.705 bits per heavy atom. The molecule has 44 heavy (non-hydrogen) atoms. The predicted octanol–water partition coefficient (Wildman–Crippen LogP) is 7.96. The molecule has 6 aromatic rings. The number of hydrogen-bond donors (Lipinski definition) is 0. The van der Waals surface area contributed by atoms with E-state index in [1.165, 1.54) is 17.7 Å². The number of ketones is 2. The fraction of sp³-hybridized carbons (Fsp3) is 0.0882. The molecule has 0 spiro atoms. The number of rotatable bonds is 3. The number of para-hydroxylation sites is 1. The largest absolute Gasteiger partial charge is 0.326 e. The number of allylic oxidation sites excluding steroid dienone is 1. The van der Waals surface area contributed by atoms with Gasteiger partial charge in [0.15, 0.2) is 40.5 Å². The Hall–Kier alpha value is -5.38. The summed E-state index contributed by atoms with van der Waals surface area (Å²) in [6.07, 6.45) is 1.45. The number of benzene rings is 4. The van der Waals surface area contributed by atoms with Gasteiger partial charge >= 0.3 is 0 Å². The zero-order chi connectivity index (χ0) is 31.2. The molecule has 0 fully saturated rings. The summed E-state index contributed by atoms with van der Waals surface area (Å²) >= 11 is 0. The van der Waals surface area contributed by atoms with Crippen LogP contribution < -0.4 is 0 Å². The van der Waals surface area contributed by atoms with E-state index < -0.39 is 52.0 Å². The highest BCUT2D eigenvalue weighted by Crippen LogP contribution is 2.37. The van der Waals surface area contributed by atoms with Crippen LogP contribution in [-0.2, 0) is 7.05 Å². The highest BCUT2D eigenvalue weighted by molar-refractivity contribution is 6.42. The number of halogens is 5. The van der Waals surface area contributed by atoms with Gasteiger partial charge in [-0.05, 0) is 60.0 Å². The molecule has 0 aliphatic heterocycles. The highest BCUT2D eigenvalue weighted by Gasteiger charge is 2.35. The van der Waals surface area contributed by atoms with Crippen molar-refractivity contribution in [2.75, 3.05) is 0 Å². The maximum absolute atomic E-state index is 14.9. The normalized spacial score (nSPS) is 13.0. The van der Waals surface area contributed by atoms with Crippen molar-refractivity contribution in [3.8, 4) is 17.1 Å². The third-order valence-corrected chi connectivity index (χ3v) is 8.13. The number of aromatic nitrogens is 3. The molecule has 218 valence electrons. The van der Waals surface area contributed by atoms with E-state index in [-0.39, 0.29) is 27.9 Å². The molecule has 0 atom stereocenters. The molecule has 0 radical (unpaired) electrons. The molecule has 0 unspecified atom stereocenters. The molecule has 1 aliphatic rings. The van der Waals surface area contributed by atoms with E-state index in [1.54, 1.807) is 22.8 Å². The number of aryl methyl sites for hydroxylation is 3. The quantitative estimate of drug-likeness (QED) is 0.0684. The summed E-state index contributed by atoms with van der Waals surface area (Å²) in [6, 6.07) is 17.8. The van der Waals surface area contributed by atoms with Crippen LogP contribution in [0, 0.1) is 42.9 Å². The van der Waals surface area contributed by atoms with E-state index in [1.807, 2.05) is 56.3 Å². The van der Waals surface area contributed by atoms with Crippen LogP contribution in [0.3, 0.4) is 0 Å². The number of carbonyl (C=O) groups is 2. The number of nitrogens with zero attached hydrogens (tertiary/aromatic N) is 3. The van der Waals surface area contributed by atoms with Crippen molar-refractivity contribution < 1.29 is 31.5 Å². The van der Waals surface area contributed by atoms with Gasteiger partial charge in [0.05, 0.1) is 28.0 Å². The van der Waals surface area contributed by atoms with Crippen molar-refractivity contribution in [1.29, 1.82) is 0 Å². The lowest BCUT2D eigenvalue weighted by Crippen LogP contribution is -2.07. The van der Waals surface area contributed by atoms with Crippen LogP contribution >= 0.6 is 0 Å². The van der Waals surface area contributed by atoms with Gasteiger partial charge in [-0.2, -0.15) is 0 Å². The van der Waals surface area contributed by atoms with Crippen LogP contribution in [0.15, 0.2) is 66.2 Å². The van der Waals surface area contributed by atoms with Gasteiger partial charge in [0, 0.05) is 18.2 Å². The van der Waals surface area contributed by atoms with E-state index in [4.69, 9.17) is 0 Å². The Balaban J connectivity index is 1.49. The van der Waals surface area contributed by atoms with Crippen LogP contribution in [0.4, 0.5) is 22.0 Å². The van der Waals surface area contributed by atoms with E-state index >= 15 is 0 Å². The molecule has 2 heterocycles. The first-order valence-electron chi connectivity index (χ1n) is 13.5. The van der Waals surface area contributed by atoms with Gasteiger partial charge in [-0.3, -0.25) is 14.2 Å². The number of fused-ring (bicyclic) bond motifs is 3. The van der Waals surface area contributed by atoms with Gasteiger partial charge in [0.25, 0.3) is 0 Å². The predicted molar refractivity (Wildman–Crippen MR) is 155 cm³/mol. The molecule has 1 aliphatic carbocycles. The van der Waals surface area contributed by atoms with E-state index in [9.17, 15) is 31.5 Å². The summed E-state index contributed by atoms with van der Waals surface area (Å²) in [7, 11) is 1.38. The molecule has 0 saturated carbocycles. The fourth-order valence-corrected chi connectivity index (χ4v) is 5.96. The van der Waals surface area contributed by atoms with E-state index in [0.29, 0.717) is 11.4 Å². The van der Waals surface area contributed by atoms with Gasteiger partial charge in [-0.15, -0.1) is 0 Å². The van der Waals surface area contributed by atoms with Crippen molar-refractivity contribution >= 4 is 39.6 Å². The smallest absolute Gasteiger partial charge is 0.200 e. The van der Waals surface area contributed by atoms with Gasteiger partial charge in [0.2, 0.25) is 5.82 Å². The maximum Gasteiger partial charge on any atom is 0.200 e. The van der Waals surface area contributed by atoms with E-state index in [0.717, 1.165) is 21.9 Å². The molecule has 0 bridgehead atoms. The molecular weight excluding hydrogens is 577 g/mol. The van der Waals surface area contributed by atoms with Crippen molar-refractivity contribution in [1.82, 2.24) is 14.1 Å².